The molecule has 3 N–H and O–H groups in total. The summed E-state index contributed by atoms with van der Waals surface area (Å²) in [6.45, 7) is 0.244. The van der Waals surface area contributed by atoms with Gasteiger partial charge in [0.1, 0.15) is 0 Å². The van der Waals surface area contributed by atoms with Gasteiger partial charge in [-0.05, 0) is 23.8 Å². The number of para-hydroxylation sites is 1. The Balaban J connectivity index is 2.10. The van der Waals surface area contributed by atoms with E-state index in [0.717, 1.165) is 5.56 Å². The molecule has 0 aliphatic carbocycles. The van der Waals surface area contributed by atoms with E-state index in [1.54, 1.807) is 18.2 Å². The average Bonchev–Trinajstić information content (AvgIpc) is 2.40. The van der Waals surface area contributed by atoms with Crippen LogP contribution in [0.2, 0.25) is 5.02 Å². The van der Waals surface area contributed by atoms with Gasteiger partial charge in [0.2, 0.25) is 0 Å². The van der Waals surface area contributed by atoms with Crippen LogP contribution in [0.25, 0.3) is 0 Å². The Hall–Kier alpha value is -2.20. The van der Waals surface area contributed by atoms with Gasteiger partial charge in [0.25, 0.3) is 5.91 Å². The molecule has 19 heavy (non-hydrogen) atoms. The van der Waals surface area contributed by atoms with Gasteiger partial charge in [-0.15, -0.1) is 0 Å². The zero-order chi connectivity index (χ0) is 13.8. The number of hydrogen-bond acceptors (Lipinski definition) is 3. The molecule has 0 spiro atoms. The van der Waals surface area contributed by atoms with Crippen molar-refractivity contribution in [2.45, 2.75) is 6.54 Å². The maximum Gasteiger partial charge on any atom is 0.255 e. The minimum atomic E-state index is -0.478. The molecule has 0 heterocycles. The van der Waals surface area contributed by atoms with Gasteiger partial charge >= 0.3 is 0 Å². The Morgan fingerprint density at radius 1 is 1.11 bits per heavy atom. The lowest BCUT2D eigenvalue weighted by Crippen LogP contribution is -2.23. The van der Waals surface area contributed by atoms with Crippen LogP contribution in [0.4, 0.5) is 0 Å². The second kappa shape index (κ2) is 5.63. The van der Waals surface area contributed by atoms with Crippen molar-refractivity contribution in [2.24, 2.45) is 0 Å². The van der Waals surface area contributed by atoms with Gasteiger partial charge < -0.3 is 15.5 Å². The topological polar surface area (TPSA) is 69.6 Å². The Labute approximate surface area is 115 Å². The molecule has 0 aliphatic heterocycles. The lowest BCUT2D eigenvalue weighted by atomic mass is 10.1. The minimum absolute atomic E-state index is 0.0204. The van der Waals surface area contributed by atoms with Crippen LogP contribution in [-0.2, 0) is 6.54 Å². The quantitative estimate of drug-likeness (QED) is 0.756. The van der Waals surface area contributed by atoms with Gasteiger partial charge in [0, 0.05) is 11.6 Å². The Morgan fingerprint density at radius 2 is 1.84 bits per heavy atom. The van der Waals surface area contributed by atoms with E-state index in [4.69, 9.17) is 11.6 Å². The Kier molecular flexibility index (Phi) is 3.92. The third-order valence-corrected chi connectivity index (χ3v) is 3.03. The minimum Gasteiger partial charge on any atom is -0.504 e. The summed E-state index contributed by atoms with van der Waals surface area (Å²) in [4.78, 5) is 11.9. The molecule has 0 aliphatic rings. The third-order valence-electron chi connectivity index (χ3n) is 2.66. The molecule has 0 atom stereocenters. The molecule has 4 nitrogen and oxygen atoms in total. The summed E-state index contributed by atoms with van der Waals surface area (Å²) in [6.07, 6.45) is 0. The van der Waals surface area contributed by atoms with Gasteiger partial charge in [0.05, 0.1) is 5.56 Å². The van der Waals surface area contributed by atoms with E-state index in [1.165, 1.54) is 18.2 Å². The molecule has 0 unspecified atom stereocenters. The van der Waals surface area contributed by atoms with Crippen molar-refractivity contribution >= 4 is 17.5 Å². The number of halogens is 1. The number of phenolic OH excluding ortho intramolecular Hbond substituents is 2. The van der Waals surface area contributed by atoms with Crippen molar-refractivity contribution in [1.29, 1.82) is 0 Å². The average molecular weight is 278 g/mol. The number of carbonyl (C=O) groups is 1. The molecular weight excluding hydrogens is 266 g/mol. The van der Waals surface area contributed by atoms with Crippen LogP contribution in [0.3, 0.4) is 0 Å². The molecule has 0 saturated heterocycles. The van der Waals surface area contributed by atoms with E-state index in [1.807, 2.05) is 6.07 Å². The summed E-state index contributed by atoms with van der Waals surface area (Å²) >= 11 is 5.97. The number of carbonyl (C=O) groups excluding carboxylic acids is 1. The van der Waals surface area contributed by atoms with Gasteiger partial charge in [-0.2, -0.15) is 0 Å². The van der Waals surface area contributed by atoms with E-state index >= 15 is 0 Å². The molecule has 1 amide bonds. The standard InChI is InChI=1S/C14H12ClNO3/c15-11-6-2-1-4-9(11)8-16-14(19)10-5-3-7-12(17)13(10)18/h1-7,17-18H,8H2,(H,16,19). The highest BCUT2D eigenvalue weighted by molar-refractivity contribution is 6.31. The molecule has 2 aromatic rings. The summed E-state index contributed by atoms with van der Waals surface area (Å²) in [5.74, 6) is -1.24. The first-order valence-electron chi connectivity index (χ1n) is 5.62. The first-order valence-corrected chi connectivity index (χ1v) is 6.00. The highest BCUT2D eigenvalue weighted by Crippen LogP contribution is 2.28. The SMILES string of the molecule is O=C(NCc1ccccc1Cl)c1cccc(O)c1O. The number of rotatable bonds is 3. The van der Waals surface area contributed by atoms with Gasteiger partial charge in [0.15, 0.2) is 11.5 Å². The highest BCUT2D eigenvalue weighted by atomic mass is 35.5. The monoisotopic (exact) mass is 277 g/mol. The molecule has 0 aromatic heterocycles. The summed E-state index contributed by atoms with van der Waals surface area (Å²) in [5, 5.41) is 22.1. The normalized spacial score (nSPS) is 10.2. The molecule has 98 valence electrons. The fourth-order valence-corrected chi connectivity index (χ4v) is 1.83. The summed E-state index contributed by atoms with van der Waals surface area (Å²) in [5.41, 5.74) is 0.796. The number of aromatic hydroxyl groups is 2. The molecule has 2 aromatic carbocycles. The van der Waals surface area contributed by atoms with E-state index in [0.29, 0.717) is 5.02 Å². The van der Waals surface area contributed by atoms with Crippen LogP contribution < -0.4 is 5.32 Å². The molecule has 0 bridgehead atoms. The van der Waals surface area contributed by atoms with Gasteiger partial charge in [-0.1, -0.05) is 35.9 Å². The maximum absolute atomic E-state index is 11.9. The van der Waals surface area contributed by atoms with Crippen LogP contribution in [0, 0.1) is 0 Å². The number of amides is 1. The van der Waals surface area contributed by atoms with Crippen LogP contribution >= 0.6 is 11.6 Å². The highest BCUT2D eigenvalue weighted by Gasteiger charge is 2.13. The van der Waals surface area contributed by atoms with E-state index in [2.05, 4.69) is 5.32 Å². The Morgan fingerprint density at radius 3 is 2.58 bits per heavy atom. The molecular formula is C14H12ClNO3. The lowest BCUT2D eigenvalue weighted by molar-refractivity contribution is 0.0947. The third kappa shape index (κ3) is 2.98. The second-order valence-electron chi connectivity index (χ2n) is 3.95. The van der Waals surface area contributed by atoms with Crippen molar-refractivity contribution in [3.05, 3.63) is 58.6 Å². The van der Waals surface area contributed by atoms with Crippen molar-refractivity contribution in [2.75, 3.05) is 0 Å². The summed E-state index contributed by atoms with van der Waals surface area (Å²) < 4.78 is 0. The molecule has 2 rings (SSSR count). The molecule has 0 saturated carbocycles. The van der Waals surface area contributed by atoms with Crippen molar-refractivity contribution in [1.82, 2.24) is 5.32 Å². The van der Waals surface area contributed by atoms with Crippen LogP contribution in [0.15, 0.2) is 42.5 Å². The fourth-order valence-electron chi connectivity index (χ4n) is 1.63. The van der Waals surface area contributed by atoms with Crippen LogP contribution in [-0.4, -0.2) is 16.1 Å². The number of phenols is 2. The fraction of sp³-hybridized carbons (Fsp3) is 0.0714. The van der Waals surface area contributed by atoms with Crippen molar-refractivity contribution in [3.8, 4) is 11.5 Å². The van der Waals surface area contributed by atoms with E-state index in [-0.39, 0.29) is 17.9 Å². The van der Waals surface area contributed by atoms with E-state index in [9.17, 15) is 15.0 Å². The first kappa shape index (κ1) is 13.2. The molecule has 5 heteroatoms. The lowest BCUT2D eigenvalue weighted by Gasteiger charge is -2.08. The van der Waals surface area contributed by atoms with Gasteiger partial charge in [-0.25, -0.2) is 0 Å². The second-order valence-corrected chi connectivity index (χ2v) is 4.35. The molecule has 0 radical (unpaired) electrons. The van der Waals surface area contributed by atoms with E-state index < -0.39 is 11.7 Å². The first-order chi connectivity index (χ1) is 9.09. The maximum atomic E-state index is 11.9. The number of hydrogen-bond donors (Lipinski definition) is 3. The zero-order valence-electron chi connectivity index (χ0n) is 9.93. The molecule has 0 fully saturated rings. The smallest absolute Gasteiger partial charge is 0.255 e. The number of nitrogens with one attached hydrogen (secondary N) is 1. The van der Waals surface area contributed by atoms with Gasteiger partial charge in [-0.3, -0.25) is 4.79 Å². The largest absolute Gasteiger partial charge is 0.504 e. The number of benzene rings is 2. The predicted molar refractivity (Wildman–Crippen MR) is 72.4 cm³/mol. The van der Waals surface area contributed by atoms with Crippen LogP contribution in [0.1, 0.15) is 15.9 Å². The Bertz CT molecular complexity index is 613. The predicted octanol–water partition coefficient (Wildman–Crippen LogP) is 2.68. The van der Waals surface area contributed by atoms with Crippen molar-refractivity contribution < 1.29 is 15.0 Å². The zero-order valence-corrected chi connectivity index (χ0v) is 10.7. The summed E-state index contributed by atoms with van der Waals surface area (Å²) in [6, 6.07) is 11.4. The summed E-state index contributed by atoms with van der Waals surface area (Å²) in [7, 11) is 0. The van der Waals surface area contributed by atoms with Crippen molar-refractivity contribution in [3.63, 3.8) is 0 Å². The van der Waals surface area contributed by atoms with Crippen LogP contribution in [0.5, 0.6) is 11.5 Å².